The SMILES string of the molecule is O=C(OCCCc1ccncc1)c1ccc(Cl)s1. The highest BCUT2D eigenvalue weighted by atomic mass is 35.5. The summed E-state index contributed by atoms with van der Waals surface area (Å²) in [6, 6.07) is 7.29. The van der Waals surface area contributed by atoms with Crippen molar-refractivity contribution in [3.8, 4) is 0 Å². The minimum absolute atomic E-state index is 0.304. The third-order valence-corrected chi connectivity index (χ3v) is 3.58. The highest BCUT2D eigenvalue weighted by Crippen LogP contribution is 2.22. The van der Waals surface area contributed by atoms with E-state index in [0.29, 0.717) is 15.8 Å². The Labute approximate surface area is 114 Å². The monoisotopic (exact) mass is 281 g/mol. The van der Waals surface area contributed by atoms with E-state index in [-0.39, 0.29) is 5.97 Å². The van der Waals surface area contributed by atoms with E-state index in [1.807, 2.05) is 12.1 Å². The van der Waals surface area contributed by atoms with Crippen LogP contribution in [0.1, 0.15) is 21.7 Å². The number of hydrogen-bond acceptors (Lipinski definition) is 4. The summed E-state index contributed by atoms with van der Waals surface area (Å²) in [6.07, 6.45) is 5.19. The molecule has 18 heavy (non-hydrogen) atoms. The maximum atomic E-state index is 11.6. The van der Waals surface area contributed by atoms with Gasteiger partial charge in [0, 0.05) is 12.4 Å². The summed E-state index contributed by atoms with van der Waals surface area (Å²) in [5.41, 5.74) is 1.19. The van der Waals surface area contributed by atoms with E-state index < -0.39 is 0 Å². The van der Waals surface area contributed by atoms with Crippen molar-refractivity contribution < 1.29 is 9.53 Å². The number of halogens is 1. The van der Waals surface area contributed by atoms with Crippen LogP contribution in [0.25, 0.3) is 0 Å². The van der Waals surface area contributed by atoms with Crippen LogP contribution in [0.4, 0.5) is 0 Å². The number of rotatable bonds is 5. The fourth-order valence-corrected chi connectivity index (χ4v) is 2.42. The number of esters is 1. The first-order valence-electron chi connectivity index (χ1n) is 5.57. The Morgan fingerprint density at radius 1 is 1.28 bits per heavy atom. The Balaban J connectivity index is 1.71. The van der Waals surface area contributed by atoms with Gasteiger partial charge in [-0.2, -0.15) is 0 Å². The minimum atomic E-state index is -0.304. The van der Waals surface area contributed by atoms with Crippen LogP contribution in [-0.4, -0.2) is 17.6 Å². The van der Waals surface area contributed by atoms with Crippen molar-refractivity contribution in [2.75, 3.05) is 6.61 Å². The van der Waals surface area contributed by atoms with E-state index >= 15 is 0 Å². The van der Waals surface area contributed by atoms with E-state index in [9.17, 15) is 4.79 Å². The number of carbonyl (C=O) groups excluding carboxylic acids is 1. The second kappa shape index (κ2) is 6.52. The summed E-state index contributed by atoms with van der Waals surface area (Å²) < 4.78 is 5.76. The van der Waals surface area contributed by atoms with Gasteiger partial charge >= 0.3 is 5.97 Å². The highest BCUT2D eigenvalue weighted by molar-refractivity contribution is 7.17. The van der Waals surface area contributed by atoms with Gasteiger partial charge in [-0.15, -0.1) is 11.3 Å². The molecule has 0 radical (unpaired) electrons. The number of hydrogen-bond donors (Lipinski definition) is 0. The van der Waals surface area contributed by atoms with Crippen molar-refractivity contribution in [1.29, 1.82) is 0 Å². The molecule has 2 aromatic heterocycles. The Kier molecular flexibility index (Phi) is 4.73. The fraction of sp³-hybridized carbons (Fsp3) is 0.231. The lowest BCUT2D eigenvalue weighted by atomic mass is 10.1. The number of aromatic nitrogens is 1. The summed E-state index contributed by atoms with van der Waals surface area (Å²) in [4.78, 5) is 16.1. The van der Waals surface area contributed by atoms with Gasteiger partial charge in [0.15, 0.2) is 0 Å². The van der Waals surface area contributed by atoms with E-state index in [4.69, 9.17) is 16.3 Å². The van der Waals surface area contributed by atoms with Crippen LogP contribution in [0.3, 0.4) is 0 Å². The Morgan fingerprint density at radius 3 is 2.72 bits per heavy atom. The predicted octanol–water partition coefficient (Wildman–Crippen LogP) is 3.59. The van der Waals surface area contributed by atoms with Crippen LogP contribution in [0.5, 0.6) is 0 Å². The molecule has 2 rings (SSSR count). The van der Waals surface area contributed by atoms with Gasteiger partial charge < -0.3 is 4.74 Å². The van der Waals surface area contributed by atoms with Crippen LogP contribution in [0.2, 0.25) is 4.34 Å². The quantitative estimate of drug-likeness (QED) is 0.621. The Bertz CT molecular complexity index is 513. The summed E-state index contributed by atoms with van der Waals surface area (Å²) in [6.45, 7) is 0.413. The third-order valence-electron chi connectivity index (χ3n) is 2.37. The van der Waals surface area contributed by atoms with Crippen molar-refractivity contribution in [3.05, 3.63) is 51.4 Å². The van der Waals surface area contributed by atoms with Gasteiger partial charge in [-0.1, -0.05) is 11.6 Å². The van der Waals surface area contributed by atoms with Gasteiger partial charge in [0.2, 0.25) is 0 Å². The third kappa shape index (κ3) is 3.82. The number of nitrogens with zero attached hydrogens (tertiary/aromatic N) is 1. The van der Waals surface area contributed by atoms with E-state index in [1.54, 1.807) is 24.5 Å². The maximum absolute atomic E-state index is 11.6. The molecule has 94 valence electrons. The average Bonchev–Trinajstić information content (AvgIpc) is 2.82. The Hall–Kier alpha value is -1.39. The molecule has 0 unspecified atom stereocenters. The van der Waals surface area contributed by atoms with Gasteiger partial charge in [0.25, 0.3) is 0 Å². The van der Waals surface area contributed by atoms with Crippen molar-refractivity contribution in [2.24, 2.45) is 0 Å². The lowest BCUT2D eigenvalue weighted by Gasteiger charge is -2.03. The molecular formula is C13H12ClNO2S. The molecule has 0 atom stereocenters. The van der Waals surface area contributed by atoms with Gasteiger partial charge in [-0.25, -0.2) is 4.79 Å². The summed E-state index contributed by atoms with van der Waals surface area (Å²) >= 11 is 6.98. The molecule has 0 saturated heterocycles. The van der Waals surface area contributed by atoms with Gasteiger partial charge in [-0.3, -0.25) is 4.98 Å². The standard InChI is InChI=1S/C13H12ClNO2S/c14-12-4-3-11(18-12)13(16)17-9-1-2-10-5-7-15-8-6-10/h3-8H,1-2,9H2. The summed E-state index contributed by atoms with van der Waals surface area (Å²) in [5.74, 6) is -0.304. The second-order valence-corrected chi connectivity index (χ2v) is 5.41. The van der Waals surface area contributed by atoms with Crippen LogP contribution in [0.15, 0.2) is 36.7 Å². The van der Waals surface area contributed by atoms with Crippen LogP contribution in [0, 0.1) is 0 Å². The molecule has 0 amide bonds. The minimum Gasteiger partial charge on any atom is -0.461 e. The first-order chi connectivity index (χ1) is 8.75. The molecule has 3 nitrogen and oxygen atoms in total. The second-order valence-electron chi connectivity index (χ2n) is 3.70. The van der Waals surface area contributed by atoms with Crippen LogP contribution in [-0.2, 0) is 11.2 Å². The van der Waals surface area contributed by atoms with Crippen LogP contribution >= 0.6 is 22.9 Å². The first-order valence-corrected chi connectivity index (χ1v) is 6.76. The van der Waals surface area contributed by atoms with Crippen LogP contribution < -0.4 is 0 Å². The Morgan fingerprint density at radius 2 is 2.06 bits per heavy atom. The maximum Gasteiger partial charge on any atom is 0.348 e. The fourth-order valence-electron chi connectivity index (χ4n) is 1.49. The number of pyridine rings is 1. The molecule has 5 heteroatoms. The number of aryl methyl sites for hydroxylation is 1. The van der Waals surface area contributed by atoms with E-state index in [2.05, 4.69) is 4.98 Å². The summed E-state index contributed by atoms with van der Waals surface area (Å²) in [7, 11) is 0. The number of carbonyl (C=O) groups is 1. The molecule has 0 N–H and O–H groups in total. The zero-order chi connectivity index (χ0) is 12.8. The zero-order valence-corrected chi connectivity index (χ0v) is 11.2. The molecule has 2 aromatic rings. The highest BCUT2D eigenvalue weighted by Gasteiger charge is 2.09. The largest absolute Gasteiger partial charge is 0.461 e. The van der Waals surface area contributed by atoms with Gasteiger partial charge in [0.1, 0.15) is 4.88 Å². The topological polar surface area (TPSA) is 39.2 Å². The average molecular weight is 282 g/mol. The zero-order valence-electron chi connectivity index (χ0n) is 9.64. The van der Waals surface area contributed by atoms with Gasteiger partial charge in [-0.05, 0) is 42.7 Å². The lowest BCUT2D eigenvalue weighted by Crippen LogP contribution is -2.05. The summed E-state index contributed by atoms with van der Waals surface area (Å²) in [5, 5.41) is 0. The molecule has 2 heterocycles. The molecule has 0 spiro atoms. The number of ether oxygens (including phenoxy) is 1. The smallest absolute Gasteiger partial charge is 0.348 e. The molecule has 0 saturated carbocycles. The first kappa shape index (κ1) is 13.1. The molecular weight excluding hydrogens is 270 g/mol. The predicted molar refractivity (Wildman–Crippen MR) is 72.2 cm³/mol. The lowest BCUT2D eigenvalue weighted by molar-refractivity contribution is 0.0506. The van der Waals surface area contributed by atoms with Crippen molar-refractivity contribution in [2.45, 2.75) is 12.8 Å². The molecule has 0 aromatic carbocycles. The van der Waals surface area contributed by atoms with Crippen molar-refractivity contribution >= 4 is 28.9 Å². The number of thiophene rings is 1. The molecule has 0 aliphatic rings. The molecule has 0 bridgehead atoms. The van der Waals surface area contributed by atoms with E-state index in [1.165, 1.54) is 16.9 Å². The molecule has 0 fully saturated rings. The molecule has 0 aliphatic heterocycles. The van der Waals surface area contributed by atoms with Crippen molar-refractivity contribution in [3.63, 3.8) is 0 Å². The normalized spacial score (nSPS) is 10.3. The van der Waals surface area contributed by atoms with E-state index in [0.717, 1.165) is 12.8 Å². The molecule has 0 aliphatic carbocycles. The van der Waals surface area contributed by atoms with Gasteiger partial charge in [0.05, 0.1) is 10.9 Å². The van der Waals surface area contributed by atoms with Crippen molar-refractivity contribution in [1.82, 2.24) is 4.98 Å².